The van der Waals surface area contributed by atoms with Crippen LogP contribution >= 0.6 is 0 Å². The molecule has 1 saturated heterocycles. The molecule has 4 heterocycles. The minimum Gasteiger partial charge on any atom is -0.477 e. The lowest BCUT2D eigenvalue weighted by atomic mass is 10.1. The van der Waals surface area contributed by atoms with Gasteiger partial charge in [0.2, 0.25) is 11.8 Å². The van der Waals surface area contributed by atoms with Crippen LogP contribution in [-0.2, 0) is 6.54 Å². The first kappa shape index (κ1) is 16.6. The number of aryl methyl sites for hydroxylation is 1. The molecule has 0 bridgehead atoms. The lowest BCUT2D eigenvalue weighted by Crippen LogP contribution is -2.44. The average Bonchev–Trinajstić information content (AvgIpc) is 3.12. The van der Waals surface area contributed by atoms with Crippen molar-refractivity contribution in [1.29, 1.82) is 0 Å². The van der Waals surface area contributed by atoms with Crippen LogP contribution in [0.15, 0.2) is 18.5 Å². The Labute approximate surface area is 150 Å². The van der Waals surface area contributed by atoms with E-state index in [2.05, 4.69) is 15.1 Å². The number of amides is 1. The highest BCUT2D eigenvalue weighted by Gasteiger charge is 2.30. The van der Waals surface area contributed by atoms with Gasteiger partial charge in [0.05, 0.1) is 26.5 Å². The smallest absolute Gasteiger partial charge is 0.319 e. The molecule has 26 heavy (non-hydrogen) atoms. The van der Waals surface area contributed by atoms with Crippen molar-refractivity contribution in [3.05, 3.63) is 24.0 Å². The minimum absolute atomic E-state index is 0.0679. The molecule has 138 valence electrons. The molecule has 0 aromatic carbocycles. The maximum absolute atomic E-state index is 12.9. The monoisotopic (exact) mass is 359 g/mol. The van der Waals surface area contributed by atoms with Crippen molar-refractivity contribution in [2.24, 2.45) is 0 Å². The SMILES string of the molecule is COc1nccc(OC2CCCN(C(=O)c3cnn4c3OCCC4)C2)n1. The Bertz CT molecular complexity index is 793. The quantitative estimate of drug-likeness (QED) is 0.808. The highest BCUT2D eigenvalue weighted by atomic mass is 16.5. The minimum atomic E-state index is -0.125. The number of methoxy groups -OCH3 is 1. The summed E-state index contributed by atoms with van der Waals surface area (Å²) in [7, 11) is 1.51. The van der Waals surface area contributed by atoms with Gasteiger partial charge in [-0.3, -0.25) is 4.79 Å². The highest BCUT2D eigenvalue weighted by molar-refractivity contribution is 5.96. The number of hydrogen-bond acceptors (Lipinski definition) is 7. The van der Waals surface area contributed by atoms with Crippen molar-refractivity contribution in [3.8, 4) is 17.8 Å². The second-order valence-electron chi connectivity index (χ2n) is 6.30. The Balaban J connectivity index is 1.44. The second kappa shape index (κ2) is 7.19. The van der Waals surface area contributed by atoms with Crippen molar-refractivity contribution in [2.75, 3.05) is 26.8 Å². The van der Waals surface area contributed by atoms with Crippen LogP contribution in [0.4, 0.5) is 0 Å². The van der Waals surface area contributed by atoms with E-state index < -0.39 is 0 Å². The van der Waals surface area contributed by atoms with Crippen LogP contribution in [0.25, 0.3) is 0 Å². The van der Waals surface area contributed by atoms with E-state index in [-0.39, 0.29) is 18.0 Å². The topological polar surface area (TPSA) is 91.6 Å². The van der Waals surface area contributed by atoms with E-state index in [0.717, 1.165) is 25.8 Å². The molecule has 1 fully saturated rings. The van der Waals surface area contributed by atoms with Crippen LogP contribution < -0.4 is 14.2 Å². The highest BCUT2D eigenvalue weighted by Crippen LogP contribution is 2.26. The second-order valence-corrected chi connectivity index (χ2v) is 6.30. The van der Waals surface area contributed by atoms with Crippen molar-refractivity contribution >= 4 is 5.91 Å². The van der Waals surface area contributed by atoms with Gasteiger partial charge in [-0.05, 0) is 12.8 Å². The molecular weight excluding hydrogens is 338 g/mol. The summed E-state index contributed by atoms with van der Waals surface area (Å²) in [5.74, 6) is 0.953. The molecular formula is C17H21N5O4. The van der Waals surface area contributed by atoms with Gasteiger partial charge in [0.15, 0.2) is 0 Å². The van der Waals surface area contributed by atoms with Crippen LogP contribution in [0.2, 0.25) is 0 Å². The van der Waals surface area contributed by atoms with Gasteiger partial charge in [0, 0.05) is 31.8 Å². The fraction of sp³-hybridized carbons (Fsp3) is 0.529. The Morgan fingerprint density at radius 3 is 3.15 bits per heavy atom. The number of hydrogen-bond donors (Lipinski definition) is 0. The molecule has 0 aliphatic carbocycles. The zero-order chi connectivity index (χ0) is 17.9. The maximum atomic E-state index is 12.9. The number of fused-ring (bicyclic) bond motifs is 1. The summed E-state index contributed by atoms with van der Waals surface area (Å²) < 4.78 is 18.3. The number of rotatable bonds is 4. The first-order valence-electron chi connectivity index (χ1n) is 8.76. The van der Waals surface area contributed by atoms with E-state index in [1.165, 1.54) is 7.11 Å². The molecule has 2 aliphatic heterocycles. The first-order valence-corrected chi connectivity index (χ1v) is 8.76. The average molecular weight is 359 g/mol. The zero-order valence-corrected chi connectivity index (χ0v) is 14.6. The van der Waals surface area contributed by atoms with E-state index in [1.54, 1.807) is 28.0 Å². The maximum Gasteiger partial charge on any atom is 0.319 e. The summed E-state index contributed by atoms with van der Waals surface area (Å²) >= 11 is 0. The van der Waals surface area contributed by atoms with E-state index in [4.69, 9.17) is 14.2 Å². The molecule has 0 saturated carbocycles. The van der Waals surface area contributed by atoms with Gasteiger partial charge in [-0.2, -0.15) is 10.1 Å². The third-order valence-corrected chi connectivity index (χ3v) is 4.52. The molecule has 2 aromatic rings. The molecule has 1 atom stereocenters. The molecule has 9 nitrogen and oxygen atoms in total. The van der Waals surface area contributed by atoms with Gasteiger partial charge in [-0.25, -0.2) is 9.67 Å². The summed E-state index contributed by atoms with van der Waals surface area (Å²) in [4.78, 5) is 22.9. The van der Waals surface area contributed by atoms with E-state index in [1.807, 2.05) is 0 Å². The number of carbonyl (C=O) groups excluding carboxylic acids is 1. The van der Waals surface area contributed by atoms with Crippen molar-refractivity contribution in [3.63, 3.8) is 0 Å². The number of carbonyl (C=O) groups is 1. The molecule has 1 unspecified atom stereocenters. The Morgan fingerprint density at radius 1 is 1.35 bits per heavy atom. The molecule has 0 spiro atoms. The van der Waals surface area contributed by atoms with Gasteiger partial charge in [0.1, 0.15) is 11.7 Å². The van der Waals surface area contributed by atoms with Crippen LogP contribution in [0.1, 0.15) is 29.6 Å². The van der Waals surface area contributed by atoms with Gasteiger partial charge in [-0.1, -0.05) is 0 Å². The number of nitrogens with zero attached hydrogens (tertiary/aromatic N) is 5. The number of piperidine rings is 1. The van der Waals surface area contributed by atoms with Gasteiger partial charge < -0.3 is 19.1 Å². The Morgan fingerprint density at radius 2 is 2.27 bits per heavy atom. The molecule has 0 N–H and O–H groups in total. The van der Waals surface area contributed by atoms with Gasteiger partial charge in [0.25, 0.3) is 5.91 Å². The third-order valence-electron chi connectivity index (χ3n) is 4.52. The van der Waals surface area contributed by atoms with Crippen LogP contribution in [0.3, 0.4) is 0 Å². The van der Waals surface area contributed by atoms with Crippen molar-refractivity contribution < 1.29 is 19.0 Å². The first-order chi connectivity index (χ1) is 12.7. The van der Waals surface area contributed by atoms with E-state index >= 15 is 0 Å². The standard InChI is InChI=1S/C17H21N5O4/c1-24-17-18-6-5-14(20-17)26-12-4-2-7-21(11-12)15(23)13-10-19-22-8-3-9-25-16(13)22/h5-6,10,12H,2-4,7-9,11H2,1H3. The van der Waals surface area contributed by atoms with Crippen LogP contribution in [0, 0.1) is 0 Å². The Kier molecular flexibility index (Phi) is 4.59. The molecule has 2 aromatic heterocycles. The van der Waals surface area contributed by atoms with Crippen LogP contribution in [-0.4, -0.2) is 63.5 Å². The number of ether oxygens (including phenoxy) is 3. The zero-order valence-electron chi connectivity index (χ0n) is 14.6. The third kappa shape index (κ3) is 3.29. The van der Waals surface area contributed by atoms with Gasteiger partial charge in [-0.15, -0.1) is 0 Å². The summed E-state index contributed by atoms with van der Waals surface area (Å²) in [6, 6.07) is 1.94. The normalized spacial score (nSPS) is 19.4. The predicted octanol–water partition coefficient (Wildman–Crippen LogP) is 1.15. The molecule has 2 aliphatic rings. The summed E-state index contributed by atoms with van der Waals surface area (Å²) in [5.41, 5.74) is 0.522. The number of likely N-dealkylation sites (tertiary alicyclic amines) is 1. The van der Waals surface area contributed by atoms with Crippen molar-refractivity contribution in [1.82, 2.24) is 24.6 Å². The Hall–Kier alpha value is -2.84. The summed E-state index contributed by atoms with van der Waals surface area (Å²) in [6.07, 6.45) is 5.69. The lowest BCUT2D eigenvalue weighted by Gasteiger charge is -2.32. The van der Waals surface area contributed by atoms with E-state index in [0.29, 0.717) is 37.0 Å². The molecule has 0 radical (unpaired) electrons. The van der Waals surface area contributed by atoms with Gasteiger partial charge >= 0.3 is 6.01 Å². The number of aromatic nitrogens is 4. The molecule has 4 rings (SSSR count). The largest absolute Gasteiger partial charge is 0.477 e. The van der Waals surface area contributed by atoms with Crippen molar-refractivity contribution in [2.45, 2.75) is 31.9 Å². The fourth-order valence-electron chi connectivity index (χ4n) is 3.26. The lowest BCUT2D eigenvalue weighted by molar-refractivity contribution is 0.0520. The fourth-order valence-corrected chi connectivity index (χ4v) is 3.26. The molecule has 1 amide bonds. The van der Waals surface area contributed by atoms with E-state index in [9.17, 15) is 4.79 Å². The van der Waals surface area contributed by atoms with Crippen LogP contribution in [0.5, 0.6) is 17.8 Å². The molecule has 9 heteroatoms. The summed E-state index contributed by atoms with van der Waals surface area (Å²) in [6.45, 7) is 2.59. The predicted molar refractivity (Wildman–Crippen MR) is 90.5 cm³/mol. The summed E-state index contributed by atoms with van der Waals surface area (Å²) in [5, 5.41) is 4.26.